The molecule has 5 atom stereocenters. The number of aliphatic hydroxyl groups excluding tert-OH is 2. The van der Waals surface area contributed by atoms with Crippen molar-refractivity contribution in [2.45, 2.75) is 44.5 Å². The molecule has 0 unspecified atom stereocenters. The van der Waals surface area contributed by atoms with Gasteiger partial charge in [-0.05, 0) is 26.0 Å². The van der Waals surface area contributed by atoms with Gasteiger partial charge in [0.1, 0.15) is 31.0 Å². The van der Waals surface area contributed by atoms with Gasteiger partial charge < -0.3 is 24.4 Å². The van der Waals surface area contributed by atoms with E-state index in [1.807, 2.05) is 0 Å². The van der Waals surface area contributed by atoms with Gasteiger partial charge in [0.05, 0.1) is 5.56 Å². The fourth-order valence-corrected chi connectivity index (χ4v) is 3.38. The number of carbonyl (C=O) groups is 3. The van der Waals surface area contributed by atoms with E-state index in [-0.39, 0.29) is 17.8 Å². The van der Waals surface area contributed by atoms with Gasteiger partial charge in [-0.1, -0.05) is 18.2 Å². The Morgan fingerprint density at radius 1 is 1.07 bits per heavy atom. The minimum absolute atomic E-state index is 0.255. The molecular weight excluding hydrogens is 382 g/mol. The molecule has 2 heterocycles. The van der Waals surface area contributed by atoms with Crippen molar-refractivity contribution in [1.29, 1.82) is 0 Å². The zero-order chi connectivity index (χ0) is 21.3. The van der Waals surface area contributed by atoms with Crippen molar-refractivity contribution in [2.75, 3.05) is 13.7 Å². The molecular formula is C20H23NO8. The molecule has 156 valence electrons. The smallest absolute Gasteiger partial charge is 0.338 e. The Labute approximate surface area is 167 Å². The van der Waals surface area contributed by atoms with Crippen molar-refractivity contribution < 1.29 is 38.8 Å². The Morgan fingerprint density at radius 3 is 2.21 bits per heavy atom. The van der Waals surface area contributed by atoms with E-state index in [4.69, 9.17) is 14.2 Å². The molecule has 9 heteroatoms. The molecule has 2 amide bonds. The lowest BCUT2D eigenvalue weighted by molar-refractivity contribution is -0.275. The van der Waals surface area contributed by atoms with Crippen LogP contribution in [0.5, 0.6) is 0 Å². The van der Waals surface area contributed by atoms with Crippen molar-refractivity contribution in [3.63, 3.8) is 0 Å². The van der Waals surface area contributed by atoms with Crippen LogP contribution in [-0.4, -0.2) is 77.3 Å². The summed E-state index contributed by atoms with van der Waals surface area (Å²) < 4.78 is 16.0. The summed E-state index contributed by atoms with van der Waals surface area (Å²) in [6.45, 7) is 2.67. The van der Waals surface area contributed by atoms with Gasteiger partial charge in [-0.2, -0.15) is 0 Å². The first-order valence-corrected chi connectivity index (χ1v) is 9.09. The second-order valence-corrected chi connectivity index (χ2v) is 6.95. The molecule has 0 saturated carbocycles. The number of carbonyl (C=O) groups excluding carboxylic acids is 3. The standard InChI is InChI=1S/C20H23NO8/c1-10-11(2)18(25)21(17(10)24)14-16(23)15(22)13(29-20(14)27-3)9-28-19(26)12-7-5-4-6-8-12/h4-8,13-16,20,22-23H,9H2,1-3H3/t13-,14-,15-,16-,20-/m1/s1. The van der Waals surface area contributed by atoms with Crippen LogP contribution in [0.4, 0.5) is 0 Å². The molecule has 2 N–H and O–H groups in total. The minimum atomic E-state index is -1.55. The second kappa shape index (κ2) is 8.42. The molecule has 29 heavy (non-hydrogen) atoms. The van der Waals surface area contributed by atoms with E-state index in [2.05, 4.69) is 0 Å². The van der Waals surface area contributed by atoms with Gasteiger partial charge in [0.2, 0.25) is 0 Å². The number of amides is 2. The number of nitrogens with zero attached hydrogens (tertiary/aromatic N) is 1. The maximum Gasteiger partial charge on any atom is 0.338 e. The van der Waals surface area contributed by atoms with Crippen LogP contribution >= 0.6 is 0 Å². The molecule has 0 aliphatic carbocycles. The fraction of sp³-hybridized carbons (Fsp3) is 0.450. The van der Waals surface area contributed by atoms with Gasteiger partial charge >= 0.3 is 5.97 Å². The molecule has 1 fully saturated rings. The van der Waals surface area contributed by atoms with Crippen LogP contribution in [0.2, 0.25) is 0 Å². The molecule has 2 aliphatic heterocycles. The second-order valence-electron chi connectivity index (χ2n) is 6.95. The molecule has 1 aromatic rings. The molecule has 0 bridgehead atoms. The first-order chi connectivity index (χ1) is 13.8. The lowest BCUT2D eigenvalue weighted by Crippen LogP contribution is -2.66. The van der Waals surface area contributed by atoms with E-state index >= 15 is 0 Å². The maximum atomic E-state index is 12.5. The number of esters is 1. The number of hydrogen-bond donors (Lipinski definition) is 2. The van der Waals surface area contributed by atoms with Crippen LogP contribution in [0, 0.1) is 0 Å². The lowest BCUT2D eigenvalue weighted by atomic mass is 9.95. The highest BCUT2D eigenvalue weighted by atomic mass is 16.7. The van der Waals surface area contributed by atoms with Crippen molar-refractivity contribution in [3.05, 3.63) is 47.0 Å². The molecule has 1 saturated heterocycles. The van der Waals surface area contributed by atoms with E-state index in [1.165, 1.54) is 21.0 Å². The first-order valence-electron chi connectivity index (χ1n) is 9.09. The average molecular weight is 405 g/mol. The van der Waals surface area contributed by atoms with E-state index in [0.29, 0.717) is 5.56 Å². The van der Waals surface area contributed by atoms with E-state index in [9.17, 15) is 24.6 Å². The van der Waals surface area contributed by atoms with E-state index in [0.717, 1.165) is 4.90 Å². The highest BCUT2D eigenvalue weighted by Gasteiger charge is 2.52. The minimum Gasteiger partial charge on any atom is -0.459 e. The Hall–Kier alpha value is -2.59. The van der Waals surface area contributed by atoms with Crippen molar-refractivity contribution in [3.8, 4) is 0 Å². The molecule has 9 nitrogen and oxygen atoms in total. The zero-order valence-corrected chi connectivity index (χ0v) is 16.3. The van der Waals surface area contributed by atoms with Crippen LogP contribution in [-0.2, 0) is 23.8 Å². The van der Waals surface area contributed by atoms with Gasteiger partial charge in [0.15, 0.2) is 6.29 Å². The van der Waals surface area contributed by atoms with Gasteiger partial charge in [-0.25, -0.2) is 4.79 Å². The maximum absolute atomic E-state index is 12.5. The Morgan fingerprint density at radius 2 is 1.66 bits per heavy atom. The van der Waals surface area contributed by atoms with Crippen LogP contribution in [0.1, 0.15) is 24.2 Å². The Kier molecular flexibility index (Phi) is 6.13. The van der Waals surface area contributed by atoms with Gasteiger partial charge in [0, 0.05) is 18.3 Å². The van der Waals surface area contributed by atoms with Crippen molar-refractivity contribution in [1.82, 2.24) is 4.90 Å². The van der Waals surface area contributed by atoms with Crippen LogP contribution in [0.3, 0.4) is 0 Å². The zero-order valence-electron chi connectivity index (χ0n) is 16.3. The van der Waals surface area contributed by atoms with E-state index in [1.54, 1.807) is 30.3 Å². The third kappa shape index (κ3) is 3.82. The van der Waals surface area contributed by atoms with E-state index < -0.39 is 48.4 Å². The number of aliphatic hydroxyl groups is 2. The SMILES string of the molecule is CO[C@@H]1O[C@H](COC(=O)c2ccccc2)[C@@H](O)[C@H](O)[C@H]1N1C(=O)C(C)=C(C)C1=O. The molecule has 2 aliphatic rings. The third-order valence-electron chi connectivity index (χ3n) is 5.23. The van der Waals surface area contributed by atoms with Crippen LogP contribution < -0.4 is 0 Å². The number of rotatable bonds is 5. The molecule has 1 aromatic carbocycles. The Balaban J connectivity index is 1.72. The predicted octanol–water partition coefficient (Wildman–Crippen LogP) is 0.0103. The topological polar surface area (TPSA) is 123 Å². The number of hydrogen-bond acceptors (Lipinski definition) is 8. The average Bonchev–Trinajstić information content (AvgIpc) is 2.92. The van der Waals surface area contributed by atoms with Crippen molar-refractivity contribution >= 4 is 17.8 Å². The summed E-state index contributed by atoms with van der Waals surface area (Å²) in [4.78, 5) is 37.9. The Bertz CT molecular complexity index is 810. The largest absolute Gasteiger partial charge is 0.459 e. The number of methoxy groups -OCH3 is 1. The normalized spacial score (nSPS) is 30.1. The molecule has 0 radical (unpaired) electrons. The number of ether oxygens (including phenoxy) is 3. The number of benzene rings is 1. The summed E-state index contributed by atoms with van der Waals surface area (Å²) in [7, 11) is 1.29. The van der Waals surface area contributed by atoms with Gasteiger partial charge in [-0.15, -0.1) is 0 Å². The molecule has 0 aromatic heterocycles. The summed E-state index contributed by atoms with van der Waals surface area (Å²) in [5.74, 6) is -1.78. The van der Waals surface area contributed by atoms with Crippen LogP contribution in [0.25, 0.3) is 0 Å². The monoisotopic (exact) mass is 405 g/mol. The van der Waals surface area contributed by atoms with Crippen LogP contribution in [0.15, 0.2) is 41.5 Å². The summed E-state index contributed by atoms with van der Waals surface area (Å²) >= 11 is 0. The highest BCUT2D eigenvalue weighted by molar-refractivity contribution is 6.19. The van der Waals surface area contributed by atoms with Gasteiger partial charge in [-0.3, -0.25) is 14.5 Å². The summed E-state index contributed by atoms with van der Waals surface area (Å²) in [6, 6.07) is 7.02. The molecule has 0 spiro atoms. The van der Waals surface area contributed by atoms with Crippen molar-refractivity contribution in [2.24, 2.45) is 0 Å². The molecule has 3 rings (SSSR count). The predicted molar refractivity (Wildman–Crippen MR) is 98.4 cm³/mol. The third-order valence-corrected chi connectivity index (χ3v) is 5.23. The fourth-order valence-electron chi connectivity index (χ4n) is 3.38. The summed E-state index contributed by atoms with van der Waals surface area (Å²) in [6.07, 6.45) is -5.39. The lowest BCUT2D eigenvalue weighted by Gasteiger charge is -2.44. The number of imide groups is 1. The van der Waals surface area contributed by atoms with Gasteiger partial charge in [0.25, 0.3) is 11.8 Å². The highest BCUT2D eigenvalue weighted by Crippen LogP contribution is 2.31. The first kappa shape index (κ1) is 21.1. The quantitative estimate of drug-likeness (QED) is 0.519. The summed E-state index contributed by atoms with van der Waals surface area (Å²) in [5, 5.41) is 21.1. The summed E-state index contributed by atoms with van der Waals surface area (Å²) in [5.41, 5.74) is 0.834.